The van der Waals surface area contributed by atoms with E-state index in [0.717, 1.165) is 0 Å². The van der Waals surface area contributed by atoms with Crippen LogP contribution in [0.1, 0.15) is 18.1 Å². The minimum absolute atomic E-state index is 0.0107. The lowest BCUT2D eigenvalue weighted by Crippen LogP contribution is -2.31. The molecule has 7 heteroatoms. The van der Waals surface area contributed by atoms with Gasteiger partial charge in [0.2, 0.25) is 10.0 Å². The number of nitriles is 1. The summed E-state index contributed by atoms with van der Waals surface area (Å²) in [5, 5.41) is 17.9. The second-order valence-electron chi connectivity index (χ2n) is 5.31. The average Bonchev–Trinajstić information content (AvgIpc) is 2.81. The van der Waals surface area contributed by atoms with Gasteiger partial charge >= 0.3 is 5.97 Å². The molecular weight excluding hydrogens is 292 g/mol. The van der Waals surface area contributed by atoms with E-state index in [-0.39, 0.29) is 24.8 Å². The Morgan fingerprint density at radius 1 is 1.48 bits per heavy atom. The number of nitrogens with zero attached hydrogens (tertiary/aromatic N) is 2. The molecule has 6 nitrogen and oxygen atoms in total. The van der Waals surface area contributed by atoms with Gasteiger partial charge in [0.25, 0.3) is 0 Å². The van der Waals surface area contributed by atoms with E-state index < -0.39 is 21.9 Å². The summed E-state index contributed by atoms with van der Waals surface area (Å²) in [4.78, 5) is 11.1. The number of benzene rings is 1. The van der Waals surface area contributed by atoms with Gasteiger partial charge in [0.05, 0.1) is 23.3 Å². The molecule has 0 bridgehead atoms. The van der Waals surface area contributed by atoms with Gasteiger partial charge in [-0.3, -0.25) is 4.79 Å². The third-order valence-corrected chi connectivity index (χ3v) is 5.48. The van der Waals surface area contributed by atoms with Gasteiger partial charge in [-0.05, 0) is 23.6 Å². The van der Waals surface area contributed by atoms with Crippen molar-refractivity contribution in [3.8, 4) is 6.07 Å². The van der Waals surface area contributed by atoms with Crippen molar-refractivity contribution in [2.75, 3.05) is 13.1 Å². The zero-order valence-corrected chi connectivity index (χ0v) is 12.4. The summed E-state index contributed by atoms with van der Waals surface area (Å²) in [5.41, 5.74) is 0.932. The highest BCUT2D eigenvalue weighted by molar-refractivity contribution is 7.88. The summed E-state index contributed by atoms with van der Waals surface area (Å²) in [6, 6.07) is 8.39. The maximum atomic E-state index is 12.4. The fraction of sp³-hybridized carbons (Fsp3) is 0.429. The average molecular weight is 308 g/mol. The van der Waals surface area contributed by atoms with Crippen LogP contribution in [0.5, 0.6) is 0 Å². The molecule has 1 aliphatic rings. The zero-order chi connectivity index (χ0) is 15.6. The van der Waals surface area contributed by atoms with Crippen molar-refractivity contribution in [3.63, 3.8) is 0 Å². The second-order valence-corrected chi connectivity index (χ2v) is 7.28. The molecule has 1 N–H and O–H groups in total. The standard InChI is InChI=1S/C14H16N2O4S/c1-10-7-16(8-13(10)14(17)18)21(19,20)9-12-4-2-3-11(5-12)6-15/h2-5,10,13H,7-9H2,1H3,(H,17,18)/t10-,13-/m1/s1. The minimum Gasteiger partial charge on any atom is -0.481 e. The quantitative estimate of drug-likeness (QED) is 0.896. The van der Waals surface area contributed by atoms with Gasteiger partial charge in [0, 0.05) is 13.1 Å². The zero-order valence-electron chi connectivity index (χ0n) is 11.6. The Morgan fingerprint density at radius 3 is 2.76 bits per heavy atom. The number of rotatable bonds is 4. The fourth-order valence-electron chi connectivity index (χ4n) is 2.50. The Kier molecular flexibility index (Phi) is 4.30. The Balaban J connectivity index is 2.16. The lowest BCUT2D eigenvalue weighted by Gasteiger charge is -2.16. The lowest BCUT2D eigenvalue weighted by atomic mass is 9.99. The topological polar surface area (TPSA) is 98.5 Å². The molecular formula is C14H16N2O4S. The van der Waals surface area contributed by atoms with Crippen molar-refractivity contribution >= 4 is 16.0 Å². The van der Waals surface area contributed by atoms with E-state index in [2.05, 4.69) is 0 Å². The molecule has 1 heterocycles. The third-order valence-electron chi connectivity index (χ3n) is 3.69. The molecule has 2 rings (SSSR count). The predicted molar refractivity (Wildman–Crippen MR) is 75.6 cm³/mol. The molecule has 1 saturated heterocycles. The molecule has 112 valence electrons. The Bertz CT molecular complexity index is 693. The van der Waals surface area contributed by atoms with Gasteiger partial charge < -0.3 is 5.11 Å². The van der Waals surface area contributed by atoms with E-state index in [4.69, 9.17) is 10.4 Å². The van der Waals surface area contributed by atoms with E-state index in [1.165, 1.54) is 10.4 Å². The summed E-state index contributed by atoms with van der Waals surface area (Å²) in [6.07, 6.45) is 0. The smallest absolute Gasteiger partial charge is 0.308 e. The SMILES string of the molecule is C[C@@H]1CN(S(=O)(=O)Cc2cccc(C#N)c2)C[C@H]1C(=O)O. The van der Waals surface area contributed by atoms with Crippen molar-refractivity contribution in [1.29, 1.82) is 5.26 Å². The van der Waals surface area contributed by atoms with Gasteiger partial charge in [-0.25, -0.2) is 12.7 Å². The normalized spacial score (nSPS) is 22.9. The summed E-state index contributed by atoms with van der Waals surface area (Å²) in [7, 11) is -3.58. The second kappa shape index (κ2) is 5.84. The summed E-state index contributed by atoms with van der Waals surface area (Å²) >= 11 is 0. The molecule has 0 aromatic heterocycles. The fourth-order valence-corrected chi connectivity index (χ4v) is 4.14. The van der Waals surface area contributed by atoms with Gasteiger partial charge in [-0.2, -0.15) is 5.26 Å². The summed E-state index contributed by atoms with van der Waals surface area (Å²) in [5.74, 6) is -2.05. The number of carboxylic acid groups (broad SMARTS) is 1. The van der Waals surface area contributed by atoms with Crippen molar-refractivity contribution in [2.24, 2.45) is 11.8 Å². The van der Waals surface area contributed by atoms with E-state index in [0.29, 0.717) is 11.1 Å². The lowest BCUT2D eigenvalue weighted by molar-refractivity contribution is -0.142. The molecule has 1 aliphatic heterocycles. The maximum Gasteiger partial charge on any atom is 0.308 e. The van der Waals surface area contributed by atoms with Crippen molar-refractivity contribution in [2.45, 2.75) is 12.7 Å². The van der Waals surface area contributed by atoms with Crippen LogP contribution < -0.4 is 0 Å². The first kappa shape index (κ1) is 15.5. The van der Waals surface area contributed by atoms with Crippen LogP contribution in [0.15, 0.2) is 24.3 Å². The molecule has 0 unspecified atom stereocenters. The number of hydrogen-bond acceptors (Lipinski definition) is 4. The summed E-state index contributed by atoms with van der Waals surface area (Å²) in [6.45, 7) is 1.97. The molecule has 1 aromatic rings. The predicted octanol–water partition coefficient (Wildman–Crippen LogP) is 1.04. The van der Waals surface area contributed by atoms with Gasteiger partial charge in [0.1, 0.15) is 0 Å². The molecule has 0 saturated carbocycles. The van der Waals surface area contributed by atoms with Crippen molar-refractivity contribution in [3.05, 3.63) is 35.4 Å². The van der Waals surface area contributed by atoms with Crippen LogP contribution in [-0.2, 0) is 20.6 Å². The maximum absolute atomic E-state index is 12.4. The first-order valence-corrected chi connectivity index (χ1v) is 8.14. The van der Waals surface area contributed by atoms with E-state index in [1.807, 2.05) is 6.07 Å². The monoisotopic (exact) mass is 308 g/mol. The molecule has 21 heavy (non-hydrogen) atoms. The highest BCUT2D eigenvalue weighted by Gasteiger charge is 2.39. The molecule has 0 spiro atoms. The largest absolute Gasteiger partial charge is 0.481 e. The number of hydrogen-bond donors (Lipinski definition) is 1. The molecule has 2 atom stereocenters. The Hall–Kier alpha value is -1.91. The minimum atomic E-state index is -3.58. The van der Waals surface area contributed by atoms with Crippen molar-refractivity contribution < 1.29 is 18.3 Å². The number of carboxylic acids is 1. The highest BCUT2D eigenvalue weighted by atomic mass is 32.2. The van der Waals surface area contributed by atoms with E-state index in [9.17, 15) is 13.2 Å². The van der Waals surface area contributed by atoms with E-state index in [1.54, 1.807) is 25.1 Å². The van der Waals surface area contributed by atoms with Crippen molar-refractivity contribution in [1.82, 2.24) is 4.31 Å². The van der Waals surface area contributed by atoms with Crippen LogP contribution in [0, 0.1) is 23.2 Å². The van der Waals surface area contributed by atoms with Gasteiger partial charge in [0.15, 0.2) is 0 Å². The van der Waals surface area contributed by atoms with Crippen LogP contribution in [-0.4, -0.2) is 36.9 Å². The Labute approximate surface area is 123 Å². The first-order chi connectivity index (χ1) is 9.83. The van der Waals surface area contributed by atoms with Crippen LogP contribution in [0.25, 0.3) is 0 Å². The molecule has 0 radical (unpaired) electrons. The molecule has 1 fully saturated rings. The molecule has 1 aromatic carbocycles. The van der Waals surface area contributed by atoms with Gasteiger partial charge in [-0.15, -0.1) is 0 Å². The third kappa shape index (κ3) is 3.40. The van der Waals surface area contributed by atoms with Gasteiger partial charge in [-0.1, -0.05) is 19.1 Å². The summed E-state index contributed by atoms with van der Waals surface area (Å²) < 4.78 is 26.0. The molecule has 0 amide bonds. The number of sulfonamides is 1. The number of carbonyl (C=O) groups is 1. The Morgan fingerprint density at radius 2 is 2.19 bits per heavy atom. The van der Waals surface area contributed by atoms with E-state index >= 15 is 0 Å². The highest BCUT2D eigenvalue weighted by Crippen LogP contribution is 2.27. The van der Waals surface area contributed by atoms with Crippen LogP contribution in [0.2, 0.25) is 0 Å². The van der Waals surface area contributed by atoms with Crippen LogP contribution in [0.3, 0.4) is 0 Å². The first-order valence-electron chi connectivity index (χ1n) is 6.53. The molecule has 0 aliphatic carbocycles. The number of aliphatic carboxylic acids is 1. The van der Waals surface area contributed by atoms with Crippen LogP contribution >= 0.6 is 0 Å². The van der Waals surface area contributed by atoms with Crippen LogP contribution in [0.4, 0.5) is 0 Å².